The van der Waals surface area contributed by atoms with Crippen molar-refractivity contribution in [3.8, 4) is 5.82 Å². The van der Waals surface area contributed by atoms with Crippen molar-refractivity contribution in [2.45, 2.75) is 44.9 Å². The summed E-state index contributed by atoms with van der Waals surface area (Å²) in [5.74, 6) is 1.03. The fourth-order valence-electron chi connectivity index (χ4n) is 4.61. The van der Waals surface area contributed by atoms with Gasteiger partial charge in [0.15, 0.2) is 5.82 Å². The Hall–Kier alpha value is -3.04. The summed E-state index contributed by atoms with van der Waals surface area (Å²) < 4.78 is 29.5. The van der Waals surface area contributed by atoms with Gasteiger partial charge < -0.3 is 5.32 Å². The Balaban J connectivity index is 1.53. The third-order valence-corrected chi connectivity index (χ3v) is 7.90. The van der Waals surface area contributed by atoms with Crippen LogP contribution in [0.3, 0.4) is 0 Å². The van der Waals surface area contributed by atoms with Gasteiger partial charge in [0.05, 0.1) is 22.3 Å². The number of nitrogens with one attached hydrogen (secondary N) is 1. The van der Waals surface area contributed by atoms with Crippen LogP contribution in [0.2, 0.25) is 0 Å². The van der Waals surface area contributed by atoms with E-state index in [-0.39, 0.29) is 16.7 Å². The lowest BCUT2D eigenvalue weighted by Gasteiger charge is -2.34. The van der Waals surface area contributed by atoms with Gasteiger partial charge in [-0.15, -0.1) is 0 Å². The van der Waals surface area contributed by atoms with Crippen LogP contribution in [0.4, 0.5) is 5.69 Å². The number of amides is 1. The molecular weight excluding hydrogens is 450 g/mol. The Kier molecular flexibility index (Phi) is 6.86. The zero-order valence-corrected chi connectivity index (χ0v) is 20.8. The van der Waals surface area contributed by atoms with Crippen molar-refractivity contribution in [2.75, 3.05) is 18.4 Å². The van der Waals surface area contributed by atoms with Crippen molar-refractivity contribution in [3.05, 3.63) is 66.1 Å². The second-order valence-corrected chi connectivity index (χ2v) is 11.4. The Labute approximate surface area is 201 Å². The maximum atomic E-state index is 13.1. The molecule has 2 atom stereocenters. The number of sulfonamides is 1. The molecule has 1 aromatic carbocycles. The van der Waals surface area contributed by atoms with E-state index in [1.165, 1.54) is 6.20 Å². The molecule has 34 heavy (non-hydrogen) atoms. The number of carbonyl (C=O) groups is 1. The second kappa shape index (κ2) is 9.68. The first kappa shape index (κ1) is 24.1. The fraction of sp³-hybridized carbons (Fsp3) is 0.400. The molecule has 1 amide bonds. The summed E-state index contributed by atoms with van der Waals surface area (Å²) in [6.45, 7) is 9.22. The molecule has 0 aliphatic carbocycles. The molecule has 0 saturated carbocycles. The Morgan fingerprint density at radius 1 is 1.06 bits per heavy atom. The van der Waals surface area contributed by atoms with Gasteiger partial charge in [-0.25, -0.2) is 18.1 Å². The number of rotatable bonds is 6. The molecule has 2 aromatic heterocycles. The van der Waals surface area contributed by atoms with Gasteiger partial charge in [0, 0.05) is 25.0 Å². The van der Waals surface area contributed by atoms with E-state index in [0.717, 1.165) is 12.1 Å². The Morgan fingerprint density at radius 2 is 1.74 bits per heavy atom. The lowest BCUT2D eigenvalue weighted by molar-refractivity contribution is 0.102. The zero-order chi connectivity index (χ0) is 24.5. The van der Waals surface area contributed by atoms with Crippen molar-refractivity contribution in [2.24, 2.45) is 11.8 Å². The summed E-state index contributed by atoms with van der Waals surface area (Å²) in [6.07, 6.45) is 4.25. The number of anilines is 1. The van der Waals surface area contributed by atoms with E-state index in [0.29, 0.717) is 42.0 Å². The molecule has 1 aliphatic rings. The van der Waals surface area contributed by atoms with Gasteiger partial charge in [-0.1, -0.05) is 33.8 Å². The summed E-state index contributed by atoms with van der Waals surface area (Å²) in [7, 11) is -3.57. The van der Waals surface area contributed by atoms with Crippen molar-refractivity contribution in [3.63, 3.8) is 0 Å². The third kappa shape index (κ3) is 4.90. The van der Waals surface area contributed by atoms with Gasteiger partial charge in [-0.2, -0.15) is 9.40 Å². The number of aromatic nitrogens is 3. The fourth-order valence-corrected chi connectivity index (χ4v) is 6.29. The number of carbonyl (C=O) groups excluding carboxylic acids is 1. The number of hydrogen-bond donors (Lipinski definition) is 1. The van der Waals surface area contributed by atoms with E-state index in [2.05, 4.69) is 29.2 Å². The average molecular weight is 482 g/mol. The van der Waals surface area contributed by atoms with Gasteiger partial charge in [-0.05, 0) is 60.6 Å². The quantitative estimate of drug-likeness (QED) is 0.566. The van der Waals surface area contributed by atoms with Crippen LogP contribution in [0.25, 0.3) is 5.82 Å². The summed E-state index contributed by atoms with van der Waals surface area (Å²) in [4.78, 5) is 17.6. The van der Waals surface area contributed by atoms with Crippen LogP contribution in [-0.2, 0) is 10.0 Å². The van der Waals surface area contributed by atoms with E-state index in [9.17, 15) is 13.2 Å². The topological polar surface area (TPSA) is 97.2 Å². The molecule has 4 rings (SSSR count). The molecule has 1 saturated heterocycles. The summed E-state index contributed by atoms with van der Waals surface area (Å²) in [5.41, 5.74) is 1.72. The van der Waals surface area contributed by atoms with Crippen LogP contribution in [0.5, 0.6) is 0 Å². The SMILES string of the molecule is CC1CC(C)CN(S(=O)(=O)c2ccc(NC(=O)c3cnn(-c4ccccn4)c3C(C)C)cc2)C1. The molecule has 3 aromatic rings. The van der Waals surface area contributed by atoms with E-state index in [1.54, 1.807) is 39.4 Å². The first-order valence-electron chi connectivity index (χ1n) is 11.6. The smallest absolute Gasteiger partial charge is 0.259 e. The number of hydrogen-bond acceptors (Lipinski definition) is 5. The highest BCUT2D eigenvalue weighted by atomic mass is 32.2. The van der Waals surface area contributed by atoms with Crippen LogP contribution in [0, 0.1) is 11.8 Å². The number of nitrogens with zero attached hydrogens (tertiary/aromatic N) is 4. The standard InChI is InChI=1S/C25H31N5O3S/c1-17(2)24-22(14-27-30(24)23-7-5-6-12-26-23)25(31)28-20-8-10-21(11-9-20)34(32,33)29-15-18(3)13-19(4)16-29/h5-12,14,17-19H,13,15-16H2,1-4H3,(H,28,31). The summed E-state index contributed by atoms with van der Waals surface area (Å²) in [6, 6.07) is 11.9. The summed E-state index contributed by atoms with van der Waals surface area (Å²) >= 11 is 0. The molecule has 1 fully saturated rings. The van der Waals surface area contributed by atoms with Gasteiger partial charge in [0.25, 0.3) is 5.91 Å². The molecule has 3 heterocycles. The van der Waals surface area contributed by atoms with Gasteiger partial charge in [-0.3, -0.25) is 4.79 Å². The lowest BCUT2D eigenvalue weighted by atomic mass is 9.94. The van der Waals surface area contributed by atoms with Crippen molar-refractivity contribution in [1.82, 2.24) is 19.1 Å². The van der Waals surface area contributed by atoms with E-state index >= 15 is 0 Å². The predicted octanol–water partition coefficient (Wildman–Crippen LogP) is 4.31. The maximum absolute atomic E-state index is 13.1. The van der Waals surface area contributed by atoms with Crippen LogP contribution < -0.4 is 5.32 Å². The maximum Gasteiger partial charge on any atom is 0.259 e. The molecule has 1 aliphatic heterocycles. The molecule has 180 valence electrons. The number of piperidine rings is 1. The van der Waals surface area contributed by atoms with Gasteiger partial charge in [0.2, 0.25) is 10.0 Å². The van der Waals surface area contributed by atoms with Gasteiger partial charge in [0.1, 0.15) is 0 Å². The number of pyridine rings is 1. The molecule has 9 heteroatoms. The minimum Gasteiger partial charge on any atom is -0.322 e. The first-order chi connectivity index (χ1) is 16.2. The molecule has 1 N–H and O–H groups in total. The van der Waals surface area contributed by atoms with Crippen LogP contribution in [-0.4, -0.2) is 46.5 Å². The minimum absolute atomic E-state index is 0.0344. The van der Waals surface area contributed by atoms with Crippen LogP contribution >= 0.6 is 0 Å². The predicted molar refractivity (Wildman–Crippen MR) is 132 cm³/mol. The van der Waals surface area contributed by atoms with Gasteiger partial charge >= 0.3 is 0 Å². The number of benzene rings is 1. The highest BCUT2D eigenvalue weighted by Gasteiger charge is 2.31. The lowest BCUT2D eigenvalue weighted by Crippen LogP contribution is -2.42. The molecule has 0 radical (unpaired) electrons. The Morgan fingerprint density at radius 3 is 2.32 bits per heavy atom. The molecule has 2 unspecified atom stereocenters. The van der Waals surface area contributed by atoms with E-state index < -0.39 is 10.0 Å². The summed E-state index contributed by atoms with van der Waals surface area (Å²) in [5, 5.41) is 7.26. The monoisotopic (exact) mass is 481 g/mol. The van der Waals surface area contributed by atoms with E-state index in [4.69, 9.17) is 0 Å². The largest absolute Gasteiger partial charge is 0.322 e. The average Bonchev–Trinajstić information content (AvgIpc) is 3.25. The molecule has 0 bridgehead atoms. The third-order valence-electron chi connectivity index (χ3n) is 6.05. The molecule has 8 nitrogen and oxygen atoms in total. The molecule has 0 spiro atoms. The highest BCUT2D eigenvalue weighted by molar-refractivity contribution is 7.89. The highest BCUT2D eigenvalue weighted by Crippen LogP contribution is 2.28. The van der Waals surface area contributed by atoms with Crippen LogP contribution in [0.1, 0.15) is 56.1 Å². The second-order valence-electron chi connectivity index (χ2n) is 9.44. The van der Waals surface area contributed by atoms with Crippen molar-refractivity contribution < 1.29 is 13.2 Å². The molecular formula is C25H31N5O3S. The van der Waals surface area contributed by atoms with Crippen molar-refractivity contribution >= 4 is 21.6 Å². The van der Waals surface area contributed by atoms with Crippen molar-refractivity contribution in [1.29, 1.82) is 0 Å². The van der Waals surface area contributed by atoms with Crippen LogP contribution in [0.15, 0.2) is 59.8 Å². The zero-order valence-electron chi connectivity index (χ0n) is 20.0. The Bertz CT molecular complexity index is 1240. The van der Waals surface area contributed by atoms with E-state index in [1.807, 2.05) is 32.0 Å². The normalized spacial score (nSPS) is 19.3. The minimum atomic E-state index is -3.57. The first-order valence-corrected chi connectivity index (χ1v) is 13.0.